The number of piperidine rings is 1. The maximum Gasteiger partial charge on any atom is 0.255 e. The zero-order chi connectivity index (χ0) is 14.2. The number of rotatable bonds is 1. The van der Waals surface area contributed by atoms with Crippen molar-refractivity contribution in [1.82, 2.24) is 4.90 Å². The lowest BCUT2D eigenvalue weighted by atomic mass is 9.91. The van der Waals surface area contributed by atoms with Gasteiger partial charge in [0.1, 0.15) is 0 Å². The van der Waals surface area contributed by atoms with Gasteiger partial charge in [-0.3, -0.25) is 4.79 Å². The zero-order valence-corrected chi connectivity index (χ0v) is 12.6. The van der Waals surface area contributed by atoms with Crippen LogP contribution in [0.2, 0.25) is 10.0 Å². The van der Waals surface area contributed by atoms with E-state index >= 15 is 0 Å². The van der Waals surface area contributed by atoms with Gasteiger partial charge in [-0.25, -0.2) is 0 Å². The van der Waals surface area contributed by atoms with Crippen LogP contribution in [0.5, 0.6) is 0 Å². The van der Waals surface area contributed by atoms with Gasteiger partial charge in [0.25, 0.3) is 5.91 Å². The van der Waals surface area contributed by atoms with Crippen LogP contribution in [0.25, 0.3) is 0 Å². The molecule has 2 N–H and O–H groups in total. The molecule has 2 atom stereocenters. The lowest BCUT2D eigenvalue weighted by molar-refractivity contribution is 0.0551. The van der Waals surface area contributed by atoms with Crippen molar-refractivity contribution in [2.75, 3.05) is 12.3 Å². The highest BCUT2D eigenvalue weighted by Crippen LogP contribution is 2.32. The Morgan fingerprint density at radius 1 is 1.37 bits per heavy atom. The number of anilines is 1. The van der Waals surface area contributed by atoms with Crippen LogP contribution in [-0.4, -0.2) is 23.4 Å². The molecule has 3 nitrogen and oxygen atoms in total. The molecule has 1 aliphatic rings. The maximum atomic E-state index is 12.6. The minimum Gasteiger partial charge on any atom is -0.399 e. The molecule has 19 heavy (non-hydrogen) atoms. The van der Waals surface area contributed by atoms with Crippen molar-refractivity contribution >= 4 is 34.8 Å². The van der Waals surface area contributed by atoms with Gasteiger partial charge in [0.2, 0.25) is 0 Å². The minimum absolute atomic E-state index is 0.0850. The molecule has 1 amide bonds. The Hall–Kier alpha value is -0.930. The Morgan fingerprint density at radius 3 is 2.74 bits per heavy atom. The molecule has 2 unspecified atom stereocenters. The molecular formula is C14H18Cl2N2O. The first-order chi connectivity index (χ1) is 8.91. The van der Waals surface area contributed by atoms with Crippen molar-refractivity contribution in [3.05, 3.63) is 27.7 Å². The van der Waals surface area contributed by atoms with Gasteiger partial charge in [0.05, 0.1) is 15.6 Å². The summed E-state index contributed by atoms with van der Waals surface area (Å²) in [5.41, 5.74) is 6.59. The van der Waals surface area contributed by atoms with Gasteiger partial charge in [-0.15, -0.1) is 0 Å². The molecule has 104 valence electrons. The Bertz CT molecular complexity index is 504. The monoisotopic (exact) mass is 300 g/mol. The second-order valence-electron chi connectivity index (χ2n) is 5.22. The van der Waals surface area contributed by atoms with E-state index in [0.29, 0.717) is 22.2 Å². The molecule has 0 radical (unpaired) electrons. The molecule has 1 aliphatic heterocycles. The Kier molecular flexibility index (Phi) is 4.26. The highest BCUT2D eigenvalue weighted by molar-refractivity contribution is 6.44. The normalized spacial score (nSPS) is 23.5. The Morgan fingerprint density at radius 2 is 2.05 bits per heavy atom. The van der Waals surface area contributed by atoms with Crippen LogP contribution in [0.1, 0.15) is 37.0 Å². The van der Waals surface area contributed by atoms with Crippen LogP contribution in [-0.2, 0) is 0 Å². The summed E-state index contributed by atoms with van der Waals surface area (Å²) in [5.74, 6) is 0.409. The molecular weight excluding hydrogens is 283 g/mol. The molecule has 0 aromatic heterocycles. The lowest BCUT2D eigenvalue weighted by Crippen LogP contribution is -2.46. The van der Waals surface area contributed by atoms with E-state index in [1.54, 1.807) is 12.1 Å². The number of likely N-dealkylation sites (tertiary alicyclic amines) is 1. The number of halogens is 2. The number of carbonyl (C=O) groups is 1. The van der Waals surface area contributed by atoms with E-state index in [4.69, 9.17) is 28.9 Å². The average molecular weight is 301 g/mol. The average Bonchev–Trinajstić information content (AvgIpc) is 2.36. The summed E-state index contributed by atoms with van der Waals surface area (Å²) in [5, 5.41) is 0.606. The molecule has 0 saturated carbocycles. The number of nitrogens with two attached hydrogens (primary N) is 1. The molecule has 0 bridgehead atoms. The van der Waals surface area contributed by atoms with E-state index in [1.165, 1.54) is 0 Å². The first-order valence-electron chi connectivity index (χ1n) is 6.47. The van der Waals surface area contributed by atoms with Gasteiger partial charge in [-0.05, 0) is 37.8 Å². The number of hydrogen-bond acceptors (Lipinski definition) is 2. The van der Waals surface area contributed by atoms with Gasteiger partial charge in [-0.1, -0.05) is 30.1 Å². The van der Waals surface area contributed by atoms with E-state index in [-0.39, 0.29) is 17.0 Å². The number of carbonyl (C=O) groups excluding carboxylic acids is 1. The number of hydrogen-bond donors (Lipinski definition) is 1. The fourth-order valence-electron chi connectivity index (χ4n) is 2.54. The first-order valence-corrected chi connectivity index (χ1v) is 7.23. The Labute approximate surface area is 123 Å². The summed E-state index contributed by atoms with van der Waals surface area (Å²) < 4.78 is 0. The number of benzene rings is 1. The van der Waals surface area contributed by atoms with Crippen molar-refractivity contribution in [3.8, 4) is 0 Å². The van der Waals surface area contributed by atoms with Crippen LogP contribution in [0, 0.1) is 5.92 Å². The summed E-state index contributed by atoms with van der Waals surface area (Å²) in [6, 6.07) is 3.36. The van der Waals surface area contributed by atoms with Crippen molar-refractivity contribution in [2.45, 2.75) is 32.7 Å². The standard InChI is InChI=1S/C14H18Cl2N2O/c1-8-4-3-5-18(9(8)2)14(19)11-6-10(17)7-12(15)13(11)16/h6-9H,3-5,17H2,1-2H3. The second kappa shape index (κ2) is 5.59. The molecule has 1 fully saturated rings. The molecule has 0 aliphatic carbocycles. The minimum atomic E-state index is -0.0850. The summed E-state index contributed by atoms with van der Waals surface area (Å²) in [6.45, 7) is 4.99. The van der Waals surface area contributed by atoms with Gasteiger partial charge in [0, 0.05) is 18.3 Å². The van der Waals surface area contributed by atoms with Gasteiger partial charge >= 0.3 is 0 Å². The smallest absolute Gasteiger partial charge is 0.255 e. The lowest BCUT2D eigenvalue weighted by Gasteiger charge is -2.38. The van der Waals surface area contributed by atoms with Crippen molar-refractivity contribution in [2.24, 2.45) is 5.92 Å². The fourth-order valence-corrected chi connectivity index (χ4v) is 2.96. The highest BCUT2D eigenvalue weighted by atomic mass is 35.5. The topological polar surface area (TPSA) is 46.3 Å². The predicted octanol–water partition coefficient (Wildman–Crippen LogP) is 3.84. The molecule has 2 rings (SSSR count). The Balaban J connectivity index is 2.34. The van der Waals surface area contributed by atoms with Crippen LogP contribution in [0.3, 0.4) is 0 Å². The van der Waals surface area contributed by atoms with Gasteiger partial charge in [-0.2, -0.15) is 0 Å². The largest absolute Gasteiger partial charge is 0.399 e. The quantitative estimate of drug-likeness (QED) is 0.801. The fraction of sp³-hybridized carbons (Fsp3) is 0.500. The van der Waals surface area contributed by atoms with E-state index in [0.717, 1.165) is 19.4 Å². The maximum absolute atomic E-state index is 12.6. The first kappa shape index (κ1) is 14.5. The molecule has 1 saturated heterocycles. The van der Waals surface area contributed by atoms with Gasteiger partial charge in [0.15, 0.2) is 0 Å². The van der Waals surface area contributed by atoms with Crippen LogP contribution in [0.15, 0.2) is 12.1 Å². The third-order valence-corrected chi connectivity index (χ3v) is 4.72. The van der Waals surface area contributed by atoms with Crippen LogP contribution in [0.4, 0.5) is 5.69 Å². The van der Waals surface area contributed by atoms with Crippen LogP contribution < -0.4 is 5.73 Å². The summed E-state index contributed by atoms with van der Waals surface area (Å²) in [6.07, 6.45) is 2.17. The van der Waals surface area contributed by atoms with E-state index in [2.05, 4.69) is 13.8 Å². The summed E-state index contributed by atoms with van der Waals surface area (Å²) >= 11 is 12.1. The predicted molar refractivity (Wildman–Crippen MR) is 79.8 cm³/mol. The van der Waals surface area contributed by atoms with E-state index in [9.17, 15) is 4.79 Å². The van der Waals surface area contributed by atoms with Crippen molar-refractivity contribution in [1.29, 1.82) is 0 Å². The van der Waals surface area contributed by atoms with Crippen LogP contribution >= 0.6 is 23.2 Å². The van der Waals surface area contributed by atoms with Crippen molar-refractivity contribution in [3.63, 3.8) is 0 Å². The third kappa shape index (κ3) is 2.82. The molecule has 1 heterocycles. The zero-order valence-electron chi connectivity index (χ0n) is 11.1. The van der Waals surface area contributed by atoms with E-state index < -0.39 is 0 Å². The van der Waals surface area contributed by atoms with E-state index in [1.807, 2.05) is 4.90 Å². The third-order valence-electron chi connectivity index (χ3n) is 3.92. The highest BCUT2D eigenvalue weighted by Gasteiger charge is 2.30. The molecule has 1 aromatic carbocycles. The number of nitrogens with zero attached hydrogens (tertiary/aromatic N) is 1. The molecule has 0 spiro atoms. The van der Waals surface area contributed by atoms with Crippen molar-refractivity contribution < 1.29 is 4.79 Å². The summed E-state index contributed by atoms with van der Waals surface area (Å²) in [4.78, 5) is 14.5. The second-order valence-corrected chi connectivity index (χ2v) is 6.01. The van der Waals surface area contributed by atoms with Gasteiger partial charge < -0.3 is 10.6 Å². The number of nitrogen functional groups attached to an aromatic ring is 1. The SMILES string of the molecule is CC1CCCN(C(=O)c2cc(N)cc(Cl)c2Cl)C1C. The summed E-state index contributed by atoms with van der Waals surface area (Å²) in [7, 11) is 0. The number of amides is 1. The molecule has 5 heteroatoms. The molecule has 1 aromatic rings.